The van der Waals surface area contributed by atoms with Gasteiger partial charge >= 0.3 is 0 Å². The molecular weight excluding hydrogens is 646 g/mol. The lowest BCUT2D eigenvalue weighted by Gasteiger charge is -2.25. The van der Waals surface area contributed by atoms with E-state index >= 15 is 0 Å². The Morgan fingerprint density at radius 2 is 0.435 bits per heavy atom. The summed E-state index contributed by atoms with van der Waals surface area (Å²) < 4.78 is 0. The van der Waals surface area contributed by atoms with Gasteiger partial charge < -0.3 is 0 Å². The van der Waals surface area contributed by atoms with Crippen LogP contribution in [0.25, 0.3) is 76.8 Å². The third-order valence-corrected chi connectivity index (χ3v) is 9.72. The maximum Gasteiger partial charge on any atom is 0.0406 e. The molecular formula is C42H24Cl4. The Labute approximate surface area is 287 Å². The first-order chi connectivity index (χ1) is 22.5. The van der Waals surface area contributed by atoms with Crippen LogP contribution >= 0.6 is 46.4 Å². The van der Waals surface area contributed by atoms with E-state index in [0.717, 1.165) is 76.8 Å². The molecule has 0 aromatic heterocycles. The molecule has 4 heteroatoms. The zero-order chi connectivity index (χ0) is 31.4. The van der Waals surface area contributed by atoms with E-state index in [2.05, 4.69) is 97.1 Å². The van der Waals surface area contributed by atoms with Crippen molar-refractivity contribution >= 4 is 78.7 Å². The Kier molecular flexibility index (Phi) is 7.48. The largest absolute Gasteiger partial charge is 0.0843 e. The molecule has 46 heavy (non-hydrogen) atoms. The van der Waals surface area contributed by atoms with E-state index in [4.69, 9.17) is 46.4 Å². The lowest BCUT2D eigenvalue weighted by Crippen LogP contribution is -1.97. The normalized spacial score (nSPS) is 11.5. The molecule has 0 aliphatic heterocycles. The van der Waals surface area contributed by atoms with Crippen LogP contribution in [-0.2, 0) is 0 Å². The molecule has 0 heterocycles. The van der Waals surface area contributed by atoms with Crippen molar-refractivity contribution in [2.45, 2.75) is 0 Å². The van der Waals surface area contributed by atoms with Crippen molar-refractivity contribution in [2.24, 2.45) is 0 Å². The van der Waals surface area contributed by atoms with Crippen LogP contribution in [0.3, 0.4) is 0 Å². The minimum Gasteiger partial charge on any atom is -0.0843 e. The Morgan fingerprint density at radius 1 is 0.239 bits per heavy atom. The van der Waals surface area contributed by atoms with E-state index in [1.54, 1.807) is 0 Å². The Hall–Kier alpha value is -4.30. The molecule has 0 radical (unpaired) electrons. The SMILES string of the molecule is Clc1ccc(-c2c3ccccc3c(-c3ccc(Cl)cc3)c3c(-c4ccc(Cl)cc4)c4ccccc4c(-c4ccc(Cl)cc4)c23)cc1. The molecule has 0 atom stereocenters. The number of hydrogen-bond donors (Lipinski definition) is 0. The summed E-state index contributed by atoms with van der Waals surface area (Å²) in [5, 5.41) is 9.67. The van der Waals surface area contributed by atoms with Gasteiger partial charge in [0.1, 0.15) is 0 Å². The third kappa shape index (κ3) is 4.94. The summed E-state index contributed by atoms with van der Waals surface area (Å²) in [6.45, 7) is 0. The standard InChI is InChI=1S/C42H24Cl4/c43-29-17-9-25(10-18-29)37-33-5-1-2-6-34(33)38(26-11-19-30(44)20-12-26)42-40(28-15-23-32(46)24-16-28)36-8-4-3-7-35(36)39(41(37)42)27-13-21-31(45)22-14-27/h1-24H. The van der Waals surface area contributed by atoms with Crippen LogP contribution in [0, 0.1) is 0 Å². The molecule has 0 bridgehead atoms. The van der Waals surface area contributed by atoms with Crippen molar-refractivity contribution in [2.75, 3.05) is 0 Å². The molecule has 0 saturated carbocycles. The van der Waals surface area contributed by atoms with Gasteiger partial charge in [0.15, 0.2) is 0 Å². The van der Waals surface area contributed by atoms with Crippen LogP contribution in [0.5, 0.6) is 0 Å². The molecule has 8 aromatic carbocycles. The molecule has 0 spiro atoms. The lowest BCUT2D eigenvalue weighted by molar-refractivity contribution is 1.63. The molecule has 0 aliphatic rings. The summed E-state index contributed by atoms with van der Waals surface area (Å²) in [6, 6.07) is 50.0. The maximum absolute atomic E-state index is 6.46. The number of halogens is 4. The molecule has 0 fully saturated rings. The topological polar surface area (TPSA) is 0 Å². The Bertz CT molecular complexity index is 2070. The highest BCUT2D eigenvalue weighted by atomic mass is 35.5. The van der Waals surface area contributed by atoms with Crippen LogP contribution < -0.4 is 0 Å². The molecule has 0 amide bonds. The van der Waals surface area contributed by atoms with Crippen LogP contribution in [0.4, 0.5) is 0 Å². The highest BCUT2D eigenvalue weighted by Crippen LogP contribution is 2.53. The highest BCUT2D eigenvalue weighted by Gasteiger charge is 2.25. The molecule has 0 nitrogen and oxygen atoms in total. The molecule has 0 unspecified atom stereocenters. The highest BCUT2D eigenvalue weighted by molar-refractivity contribution is 6.35. The van der Waals surface area contributed by atoms with Gasteiger partial charge in [0.25, 0.3) is 0 Å². The van der Waals surface area contributed by atoms with Crippen LogP contribution in [0.2, 0.25) is 20.1 Å². The molecule has 220 valence electrons. The number of rotatable bonds is 4. The van der Waals surface area contributed by atoms with Crippen molar-refractivity contribution in [3.63, 3.8) is 0 Å². The van der Waals surface area contributed by atoms with Gasteiger partial charge in [0.05, 0.1) is 0 Å². The minimum atomic E-state index is 0.695. The molecule has 0 N–H and O–H groups in total. The predicted octanol–water partition coefficient (Wildman–Crippen LogP) is 14.4. The fourth-order valence-electron chi connectivity index (χ4n) is 6.79. The fraction of sp³-hybridized carbons (Fsp3) is 0. The van der Waals surface area contributed by atoms with Gasteiger partial charge in [-0.2, -0.15) is 0 Å². The van der Waals surface area contributed by atoms with Crippen molar-refractivity contribution in [3.8, 4) is 44.5 Å². The average Bonchev–Trinajstić information content (AvgIpc) is 3.08. The summed E-state index contributed by atoms with van der Waals surface area (Å²) >= 11 is 25.8. The quantitative estimate of drug-likeness (QED) is 0.164. The summed E-state index contributed by atoms with van der Waals surface area (Å²) in [4.78, 5) is 0. The second kappa shape index (κ2) is 11.8. The van der Waals surface area contributed by atoms with Crippen molar-refractivity contribution in [1.82, 2.24) is 0 Å². The first-order valence-corrected chi connectivity index (χ1v) is 16.5. The van der Waals surface area contributed by atoms with E-state index in [1.165, 1.54) is 0 Å². The van der Waals surface area contributed by atoms with Gasteiger partial charge in [-0.05, 0) is 125 Å². The van der Waals surface area contributed by atoms with Crippen molar-refractivity contribution in [3.05, 3.63) is 166 Å². The van der Waals surface area contributed by atoms with E-state index < -0.39 is 0 Å². The van der Waals surface area contributed by atoms with Gasteiger partial charge in [-0.3, -0.25) is 0 Å². The maximum atomic E-state index is 6.46. The van der Waals surface area contributed by atoms with E-state index in [-0.39, 0.29) is 0 Å². The minimum absolute atomic E-state index is 0.695. The van der Waals surface area contributed by atoms with E-state index in [9.17, 15) is 0 Å². The summed E-state index contributed by atoms with van der Waals surface area (Å²) in [5.41, 5.74) is 8.91. The van der Waals surface area contributed by atoms with Crippen LogP contribution in [-0.4, -0.2) is 0 Å². The van der Waals surface area contributed by atoms with Crippen LogP contribution in [0.1, 0.15) is 0 Å². The zero-order valence-corrected chi connectivity index (χ0v) is 27.4. The average molecular weight is 670 g/mol. The van der Waals surface area contributed by atoms with Gasteiger partial charge in [-0.25, -0.2) is 0 Å². The summed E-state index contributed by atoms with van der Waals surface area (Å²) in [7, 11) is 0. The third-order valence-electron chi connectivity index (χ3n) is 8.71. The number of hydrogen-bond acceptors (Lipinski definition) is 0. The first-order valence-electron chi connectivity index (χ1n) is 14.9. The fourth-order valence-corrected chi connectivity index (χ4v) is 7.30. The van der Waals surface area contributed by atoms with Crippen molar-refractivity contribution in [1.29, 1.82) is 0 Å². The van der Waals surface area contributed by atoms with Gasteiger partial charge in [0.2, 0.25) is 0 Å². The number of benzene rings is 8. The van der Waals surface area contributed by atoms with E-state index in [0.29, 0.717) is 20.1 Å². The predicted molar refractivity (Wildman–Crippen MR) is 201 cm³/mol. The lowest BCUT2D eigenvalue weighted by atomic mass is 9.77. The second-order valence-electron chi connectivity index (χ2n) is 11.4. The molecule has 8 rings (SSSR count). The monoisotopic (exact) mass is 668 g/mol. The van der Waals surface area contributed by atoms with E-state index in [1.807, 2.05) is 48.5 Å². The number of fused-ring (bicyclic) bond motifs is 3. The van der Waals surface area contributed by atoms with Gasteiger partial charge in [-0.15, -0.1) is 0 Å². The Morgan fingerprint density at radius 3 is 0.630 bits per heavy atom. The summed E-state index contributed by atoms with van der Waals surface area (Å²) in [5.74, 6) is 0. The molecule has 0 aliphatic carbocycles. The van der Waals surface area contributed by atoms with Crippen LogP contribution in [0.15, 0.2) is 146 Å². The van der Waals surface area contributed by atoms with Gasteiger partial charge in [-0.1, -0.05) is 143 Å². The van der Waals surface area contributed by atoms with Crippen molar-refractivity contribution < 1.29 is 0 Å². The Balaban J connectivity index is 1.74. The zero-order valence-electron chi connectivity index (χ0n) is 24.4. The molecule has 0 saturated heterocycles. The second-order valence-corrected chi connectivity index (χ2v) is 13.1. The smallest absolute Gasteiger partial charge is 0.0406 e. The molecule has 8 aromatic rings. The summed E-state index contributed by atoms with van der Waals surface area (Å²) in [6.07, 6.45) is 0. The first kappa shape index (κ1) is 29.1. The van der Waals surface area contributed by atoms with Gasteiger partial charge in [0, 0.05) is 20.1 Å².